The van der Waals surface area contributed by atoms with Crippen molar-refractivity contribution < 1.29 is 9.53 Å². The highest BCUT2D eigenvalue weighted by Crippen LogP contribution is 2.18. The molecule has 27 heavy (non-hydrogen) atoms. The fourth-order valence-corrected chi connectivity index (χ4v) is 3.96. The quantitative estimate of drug-likeness (QED) is 0.727. The van der Waals surface area contributed by atoms with Crippen LogP contribution in [0, 0.1) is 0 Å². The van der Waals surface area contributed by atoms with Gasteiger partial charge in [0.05, 0.1) is 25.0 Å². The standard InChI is InChI=1S/C21H25ClN2O2S/c22-19-8-6-17(7-9-19)15-27-16-21(25)23-20(18-4-2-1-3-5-18)14-24-10-12-26-13-11-24/h1-9,20H,10-16H2,(H,23,25). The number of hydrogen-bond acceptors (Lipinski definition) is 4. The molecule has 1 fully saturated rings. The van der Waals surface area contributed by atoms with Crippen LogP contribution in [0.2, 0.25) is 5.02 Å². The van der Waals surface area contributed by atoms with Gasteiger partial charge in [-0.25, -0.2) is 0 Å². The van der Waals surface area contributed by atoms with E-state index in [9.17, 15) is 4.79 Å². The van der Waals surface area contributed by atoms with E-state index in [1.54, 1.807) is 11.8 Å². The Hall–Kier alpha value is -1.53. The summed E-state index contributed by atoms with van der Waals surface area (Å²) >= 11 is 7.52. The highest BCUT2D eigenvalue weighted by Gasteiger charge is 2.20. The summed E-state index contributed by atoms with van der Waals surface area (Å²) in [5, 5.41) is 3.94. The van der Waals surface area contributed by atoms with Crippen molar-refractivity contribution in [2.24, 2.45) is 0 Å². The minimum absolute atomic E-state index is 0.00654. The third-order valence-electron chi connectivity index (χ3n) is 4.50. The summed E-state index contributed by atoms with van der Waals surface area (Å²) in [4.78, 5) is 14.9. The minimum atomic E-state index is -0.00654. The number of morpholine rings is 1. The number of benzene rings is 2. The molecule has 0 saturated carbocycles. The van der Waals surface area contributed by atoms with Crippen molar-refractivity contribution in [1.82, 2.24) is 10.2 Å². The summed E-state index contributed by atoms with van der Waals surface area (Å²) < 4.78 is 5.43. The zero-order chi connectivity index (χ0) is 18.9. The van der Waals surface area contributed by atoms with E-state index in [4.69, 9.17) is 16.3 Å². The lowest BCUT2D eigenvalue weighted by Gasteiger charge is -2.31. The Bertz CT molecular complexity index is 706. The smallest absolute Gasteiger partial charge is 0.230 e. The lowest BCUT2D eigenvalue weighted by Crippen LogP contribution is -2.43. The first-order valence-corrected chi connectivity index (χ1v) is 10.7. The van der Waals surface area contributed by atoms with Crippen LogP contribution in [0.25, 0.3) is 0 Å². The van der Waals surface area contributed by atoms with Crippen LogP contribution < -0.4 is 5.32 Å². The molecule has 2 aromatic rings. The number of rotatable bonds is 8. The molecular formula is C21H25ClN2O2S. The van der Waals surface area contributed by atoms with Gasteiger partial charge in [0.2, 0.25) is 5.91 Å². The molecule has 1 amide bonds. The lowest BCUT2D eigenvalue weighted by atomic mass is 10.1. The molecule has 4 nitrogen and oxygen atoms in total. The number of nitrogens with one attached hydrogen (secondary N) is 1. The molecule has 1 N–H and O–H groups in total. The number of carbonyl (C=O) groups excluding carboxylic acids is 1. The second-order valence-corrected chi connectivity index (χ2v) is 7.99. The Labute approximate surface area is 170 Å². The lowest BCUT2D eigenvalue weighted by molar-refractivity contribution is -0.119. The highest BCUT2D eigenvalue weighted by atomic mass is 35.5. The first-order chi connectivity index (χ1) is 13.2. The summed E-state index contributed by atoms with van der Waals surface area (Å²) in [5.74, 6) is 1.30. The molecular weight excluding hydrogens is 380 g/mol. The molecule has 0 bridgehead atoms. The Morgan fingerprint density at radius 2 is 1.81 bits per heavy atom. The van der Waals surface area contributed by atoms with Crippen LogP contribution in [0.1, 0.15) is 17.2 Å². The van der Waals surface area contributed by atoms with Gasteiger partial charge in [-0.05, 0) is 23.3 Å². The Morgan fingerprint density at radius 1 is 1.11 bits per heavy atom. The summed E-state index contributed by atoms with van der Waals surface area (Å²) in [6, 6.07) is 17.9. The van der Waals surface area contributed by atoms with E-state index >= 15 is 0 Å². The van der Waals surface area contributed by atoms with Gasteiger partial charge >= 0.3 is 0 Å². The van der Waals surface area contributed by atoms with Gasteiger partial charge in [0.25, 0.3) is 0 Å². The van der Waals surface area contributed by atoms with Gasteiger partial charge in [-0.1, -0.05) is 54.1 Å². The van der Waals surface area contributed by atoms with E-state index in [0.29, 0.717) is 5.75 Å². The molecule has 1 atom stereocenters. The summed E-state index contributed by atoms with van der Waals surface area (Å²) in [5.41, 5.74) is 2.31. The SMILES string of the molecule is O=C(CSCc1ccc(Cl)cc1)NC(CN1CCOCC1)c1ccccc1. The average Bonchev–Trinajstić information content (AvgIpc) is 2.70. The van der Waals surface area contributed by atoms with E-state index in [2.05, 4.69) is 22.3 Å². The van der Waals surface area contributed by atoms with Crippen molar-refractivity contribution in [3.8, 4) is 0 Å². The molecule has 0 aromatic heterocycles. The molecule has 1 unspecified atom stereocenters. The number of carbonyl (C=O) groups is 1. The predicted molar refractivity (Wildman–Crippen MR) is 112 cm³/mol. The van der Waals surface area contributed by atoms with Crippen molar-refractivity contribution in [1.29, 1.82) is 0 Å². The van der Waals surface area contributed by atoms with Crippen LogP contribution in [0.15, 0.2) is 54.6 Å². The van der Waals surface area contributed by atoms with Crippen LogP contribution in [-0.4, -0.2) is 49.4 Å². The molecule has 1 aliphatic heterocycles. The Morgan fingerprint density at radius 3 is 2.52 bits per heavy atom. The maximum absolute atomic E-state index is 12.5. The zero-order valence-corrected chi connectivity index (χ0v) is 16.8. The Kier molecular flexibility index (Phi) is 8.02. The van der Waals surface area contributed by atoms with Crippen molar-refractivity contribution in [3.63, 3.8) is 0 Å². The number of amides is 1. The largest absolute Gasteiger partial charge is 0.379 e. The maximum Gasteiger partial charge on any atom is 0.230 e. The van der Waals surface area contributed by atoms with Gasteiger partial charge in [-0.2, -0.15) is 0 Å². The molecule has 1 saturated heterocycles. The third-order valence-corrected chi connectivity index (χ3v) is 5.75. The molecule has 0 spiro atoms. The third kappa shape index (κ3) is 6.85. The second-order valence-electron chi connectivity index (χ2n) is 6.56. The minimum Gasteiger partial charge on any atom is -0.379 e. The fraction of sp³-hybridized carbons (Fsp3) is 0.381. The van der Waals surface area contributed by atoms with Crippen LogP contribution in [0.4, 0.5) is 0 Å². The van der Waals surface area contributed by atoms with Gasteiger partial charge in [0, 0.05) is 30.4 Å². The molecule has 0 radical (unpaired) electrons. The van der Waals surface area contributed by atoms with Gasteiger partial charge in [0.1, 0.15) is 0 Å². The molecule has 3 rings (SSSR count). The first kappa shape index (κ1) is 20.2. The number of thioether (sulfide) groups is 1. The highest BCUT2D eigenvalue weighted by molar-refractivity contribution is 7.99. The van der Waals surface area contributed by atoms with E-state index in [0.717, 1.165) is 49.2 Å². The van der Waals surface area contributed by atoms with E-state index < -0.39 is 0 Å². The maximum atomic E-state index is 12.5. The number of nitrogens with zero attached hydrogens (tertiary/aromatic N) is 1. The van der Waals surface area contributed by atoms with Crippen LogP contribution in [0.5, 0.6) is 0 Å². The van der Waals surface area contributed by atoms with Gasteiger partial charge in [-0.15, -0.1) is 11.8 Å². The van der Waals surface area contributed by atoms with Crippen molar-refractivity contribution >= 4 is 29.3 Å². The van der Waals surface area contributed by atoms with Gasteiger partial charge in [0.15, 0.2) is 0 Å². The van der Waals surface area contributed by atoms with Crippen molar-refractivity contribution in [3.05, 3.63) is 70.7 Å². The summed E-state index contributed by atoms with van der Waals surface area (Å²) in [6.07, 6.45) is 0. The first-order valence-electron chi connectivity index (χ1n) is 9.17. The predicted octanol–water partition coefficient (Wildman–Crippen LogP) is 3.76. The molecule has 1 heterocycles. The Balaban J connectivity index is 1.52. The summed E-state index contributed by atoms with van der Waals surface area (Å²) in [7, 11) is 0. The van der Waals surface area contributed by atoms with E-state index in [1.807, 2.05) is 42.5 Å². The van der Waals surface area contributed by atoms with Crippen LogP contribution in [0.3, 0.4) is 0 Å². The average molecular weight is 405 g/mol. The van der Waals surface area contributed by atoms with E-state index in [-0.39, 0.29) is 11.9 Å². The molecule has 0 aliphatic carbocycles. The van der Waals surface area contributed by atoms with Gasteiger partial charge in [-0.3, -0.25) is 9.69 Å². The number of ether oxygens (including phenoxy) is 1. The monoisotopic (exact) mass is 404 g/mol. The number of hydrogen-bond donors (Lipinski definition) is 1. The molecule has 144 valence electrons. The second kappa shape index (κ2) is 10.7. The molecule has 2 aromatic carbocycles. The van der Waals surface area contributed by atoms with Gasteiger partial charge < -0.3 is 10.1 Å². The molecule has 1 aliphatic rings. The van der Waals surface area contributed by atoms with Crippen molar-refractivity contribution in [2.45, 2.75) is 11.8 Å². The van der Waals surface area contributed by atoms with Crippen LogP contribution in [-0.2, 0) is 15.3 Å². The zero-order valence-electron chi connectivity index (χ0n) is 15.3. The fourth-order valence-electron chi connectivity index (χ4n) is 3.04. The normalized spacial score (nSPS) is 16.0. The van der Waals surface area contributed by atoms with Crippen molar-refractivity contribution in [2.75, 3.05) is 38.6 Å². The van der Waals surface area contributed by atoms with E-state index in [1.165, 1.54) is 5.56 Å². The summed E-state index contributed by atoms with van der Waals surface area (Å²) in [6.45, 7) is 4.13. The number of halogens is 1. The van der Waals surface area contributed by atoms with Crippen LogP contribution >= 0.6 is 23.4 Å². The topological polar surface area (TPSA) is 41.6 Å². The molecule has 6 heteroatoms.